The largest absolute Gasteiger partial charge is 0.368 e. The maximum Gasteiger partial charge on any atom is 0.265 e. The quantitative estimate of drug-likeness (QED) is 0.472. The zero-order valence-corrected chi connectivity index (χ0v) is 15.9. The Bertz CT molecular complexity index is 1070. The van der Waals surface area contributed by atoms with Gasteiger partial charge in [0.25, 0.3) is 11.5 Å². The summed E-state index contributed by atoms with van der Waals surface area (Å²) in [5.41, 5.74) is 5.96. The number of nitrogens with one attached hydrogen (secondary N) is 3. The van der Waals surface area contributed by atoms with Crippen LogP contribution in [0.5, 0.6) is 0 Å². The standard InChI is InChI=1S/C20H18ClN5O3/c21-14-8-6-12(7-9-14)10-23-20-24-11-15(19(29)26-20)18(28)25-16(17(22)27)13-4-2-1-3-5-13/h1-9,11,16H,10H2,(H2,22,27)(H,25,28)(H2,23,24,26,29). The van der Waals surface area contributed by atoms with Gasteiger partial charge in [0, 0.05) is 17.8 Å². The van der Waals surface area contributed by atoms with E-state index in [0.29, 0.717) is 17.1 Å². The minimum absolute atomic E-state index is 0.205. The van der Waals surface area contributed by atoms with Crippen LogP contribution in [0.4, 0.5) is 5.95 Å². The van der Waals surface area contributed by atoms with Crippen LogP contribution in [0.25, 0.3) is 0 Å². The van der Waals surface area contributed by atoms with E-state index in [1.165, 1.54) is 0 Å². The summed E-state index contributed by atoms with van der Waals surface area (Å²) in [6, 6.07) is 14.6. The summed E-state index contributed by atoms with van der Waals surface area (Å²) in [5.74, 6) is -1.29. The first-order chi connectivity index (χ1) is 13.9. The van der Waals surface area contributed by atoms with E-state index in [0.717, 1.165) is 11.8 Å². The van der Waals surface area contributed by atoms with Crippen molar-refractivity contribution in [3.63, 3.8) is 0 Å². The average Bonchev–Trinajstić information content (AvgIpc) is 2.72. The summed E-state index contributed by atoms with van der Waals surface area (Å²) in [5, 5.41) is 6.05. The van der Waals surface area contributed by atoms with Crippen molar-refractivity contribution in [3.05, 3.63) is 92.9 Å². The average molecular weight is 412 g/mol. The fraction of sp³-hybridized carbons (Fsp3) is 0.100. The molecule has 0 radical (unpaired) electrons. The third-order valence-electron chi connectivity index (χ3n) is 4.11. The predicted molar refractivity (Wildman–Crippen MR) is 109 cm³/mol. The molecule has 5 N–H and O–H groups in total. The lowest BCUT2D eigenvalue weighted by Gasteiger charge is -2.15. The zero-order chi connectivity index (χ0) is 20.8. The molecule has 0 bridgehead atoms. The molecule has 2 aromatic carbocycles. The lowest BCUT2D eigenvalue weighted by atomic mass is 10.1. The van der Waals surface area contributed by atoms with Crippen molar-refractivity contribution in [3.8, 4) is 0 Å². The van der Waals surface area contributed by atoms with Gasteiger partial charge in [0.15, 0.2) is 0 Å². The lowest BCUT2D eigenvalue weighted by Crippen LogP contribution is -2.39. The van der Waals surface area contributed by atoms with Gasteiger partial charge < -0.3 is 16.4 Å². The normalized spacial score (nSPS) is 11.5. The Morgan fingerprint density at radius 1 is 1.10 bits per heavy atom. The van der Waals surface area contributed by atoms with Crippen molar-refractivity contribution in [2.24, 2.45) is 5.73 Å². The predicted octanol–water partition coefficient (Wildman–Crippen LogP) is 1.99. The van der Waals surface area contributed by atoms with Gasteiger partial charge in [0.2, 0.25) is 11.9 Å². The number of H-pyrrole nitrogens is 1. The summed E-state index contributed by atoms with van der Waals surface area (Å²) in [6.45, 7) is 0.406. The molecule has 9 heteroatoms. The number of aromatic nitrogens is 2. The monoisotopic (exact) mass is 411 g/mol. The summed E-state index contributed by atoms with van der Waals surface area (Å²) in [7, 11) is 0. The molecule has 1 heterocycles. The second kappa shape index (κ2) is 9.03. The summed E-state index contributed by atoms with van der Waals surface area (Å²) in [6.07, 6.45) is 1.14. The number of nitrogens with zero attached hydrogens (tertiary/aromatic N) is 1. The molecule has 1 aromatic heterocycles. The maximum absolute atomic E-state index is 12.5. The highest BCUT2D eigenvalue weighted by Gasteiger charge is 2.22. The van der Waals surface area contributed by atoms with Crippen LogP contribution >= 0.6 is 11.6 Å². The number of aromatic amines is 1. The Morgan fingerprint density at radius 2 is 1.79 bits per heavy atom. The van der Waals surface area contributed by atoms with Crippen LogP contribution in [-0.4, -0.2) is 21.8 Å². The minimum atomic E-state index is -1.06. The Balaban J connectivity index is 1.70. The molecule has 3 rings (SSSR count). The summed E-state index contributed by atoms with van der Waals surface area (Å²) in [4.78, 5) is 43.0. The molecule has 2 amide bonds. The highest BCUT2D eigenvalue weighted by atomic mass is 35.5. The molecule has 0 aliphatic carbocycles. The van der Waals surface area contributed by atoms with Crippen molar-refractivity contribution in [2.75, 3.05) is 5.32 Å². The molecule has 0 fully saturated rings. The number of rotatable bonds is 7. The fourth-order valence-electron chi connectivity index (χ4n) is 2.61. The minimum Gasteiger partial charge on any atom is -0.368 e. The highest BCUT2D eigenvalue weighted by molar-refractivity contribution is 6.30. The number of primary amides is 1. The van der Waals surface area contributed by atoms with Crippen LogP contribution < -0.4 is 21.9 Å². The number of nitrogens with two attached hydrogens (primary N) is 1. The molecule has 0 aliphatic rings. The van der Waals surface area contributed by atoms with Crippen molar-refractivity contribution in [1.82, 2.24) is 15.3 Å². The Morgan fingerprint density at radius 3 is 2.41 bits per heavy atom. The molecule has 148 valence electrons. The van der Waals surface area contributed by atoms with Crippen molar-refractivity contribution >= 4 is 29.4 Å². The molecule has 0 aliphatic heterocycles. The Kier molecular flexibility index (Phi) is 6.25. The smallest absolute Gasteiger partial charge is 0.265 e. The van der Waals surface area contributed by atoms with Crippen LogP contribution in [0.15, 0.2) is 65.6 Å². The third-order valence-corrected chi connectivity index (χ3v) is 4.36. The Labute approximate surface area is 171 Å². The second-order valence-corrected chi connectivity index (χ2v) is 6.61. The summed E-state index contributed by atoms with van der Waals surface area (Å²) >= 11 is 5.84. The first-order valence-electron chi connectivity index (χ1n) is 8.67. The number of anilines is 1. The molecule has 0 saturated heterocycles. The molecular formula is C20H18ClN5O3. The first kappa shape index (κ1) is 20.1. The first-order valence-corrected chi connectivity index (χ1v) is 9.04. The van der Waals surface area contributed by atoms with Crippen LogP contribution in [-0.2, 0) is 11.3 Å². The number of carbonyl (C=O) groups is 2. The van der Waals surface area contributed by atoms with E-state index in [9.17, 15) is 14.4 Å². The number of hydrogen-bond acceptors (Lipinski definition) is 5. The van der Waals surface area contributed by atoms with Gasteiger partial charge in [-0.1, -0.05) is 54.1 Å². The molecule has 0 spiro atoms. The number of halogens is 1. The van der Waals surface area contributed by atoms with Crippen LogP contribution in [0, 0.1) is 0 Å². The molecule has 3 aromatic rings. The van der Waals surface area contributed by atoms with Gasteiger partial charge in [0.05, 0.1) is 0 Å². The molecule has 1 unspecified atom stereocenters. The van der Waals surface area contributed by atoms with E-state index in [4.69, 9.17) is 17.3 Å². The van der Waals surface area contributed by atoms with Gasteiger partial charge in [0.1, 0.15) is 11.6 Å². The molecule has 29 heavy (non-hydrogen) atoms. The number of hydrogen-bond donors (Lipinski definition) is 4. The Hall–Kier alpha value is -3.65. The third kappa shape index (κ3) is 5.20. The summed E-state index contributed by atoms with van der Waals surface area (Å²) < 4.78 is 0. The fourth-order valence-corrected chi connectivity index (χ4v) is 2.73. The van der Waals surface area contributed by atoms with Gasteiger partial charge in [-0.3, -0.25) is 19.4 Å². The lowest BCUT2D eigenvalue weighted by molar-refractivity contribution is -0.120. The second-order valence-electron chi connectivity index (χ2n) is 6.17. The molecule has 0 saturated carbocycles. The van der Waals surface area contributed by atoms with Gasteiger partial charge in [-0.15, -0.1) is 0 Å². The maximum atomic E-state index is 12.5. The number of benzene rings is 2. The zero-order valence-electron chi connectivity index (χ0n) is 15.2. The highest BCUT2D eigenvalue weighted by Crippen LogP contribution is 2.13. The van der Waals surface area contributed by atoms with E-state index in [-0.39, 0.29) is 11.5 Å². The van der Waals surface area contributed by atoms with Crippen molar-refractivity contribution in [1.29, 1.82) is 0 Å². The van der Waals surface area contributed by atoms with E-state index in [1.54, 1.807) is 42.5 Å². The van der Waals surface area contributed by atoms with Crippen LogP contribution in [0.1, 0.15) is 27.5 Å². The SMILES string of the molecule is NC(=O)C(NC(=O)c1cnc(NCc2ccc(Cl)cc2)[nH]c1=O)c1ccccc1. The van der Waals surface area contributed by atoms with Crippen LogP contribution in [0.2, 0.25) is 5.02 Å². The van der Waals surface area contributed by atoms with Crippen LogP contribution in [0.3, 0.4) is 0 Å². The number of amides is 2. The topological polar surface area (TPSA) is 130 Å². The molecule has 1 atom stereocenters. The van der Waals surface area contributed by atoms with Gasteiger partial charge in [-0.2, -0.15) is 0 Å². The van der Waals surface area contributed by atoms with Crippen molar-refractivity contribution in [2.45, 2.75) is 12.6 Å². The van der Waals surface area contributed by atoms with E-state index >= 15 is 0 Å². The van der Waals surface area contributed by atoms with Crippen molar-refractivity contribution < 1.29 is 9.59 Å². The molecular weight excluding hydrogens is 394 g/mol. The van der Waals surface area contributed by atoms with Gasteiger partial charge in [-0.25, -0.2) is 4.98 Å². The van der Waals surface area contributed by atoms with E-state index in [1.807, 2.05) is 12.1 Å². The molecule has 8 nitrogen and oxygen atoms in total. The number of carbonyl (C=O) groups excluding carboxylic acids is 2. The van der Waals surface area contributed by atoms with Gasteiger partial charge in [-0.05, 0) is 23.3 Å². The van der Waals surface area contributed by atoms with Gasteiger partial charge >= 0.3 is 0 Å². The van der Waals surface area contributed by atoms with E-state index in [2.05, 4.69) is 20.6 Å². The van der Waals surface area contributed by atoms with E-state index < -0.39 is 23.4 Å².